The third kappa shape index (κ3) is 1.71. The van der Waals surface area contributed by atoms with Crippen molar-refractivity contribution in [2.75, 3.05) is 0 Å². The molecule has 0 heterocycles. The number of Topliss-reactive ketones (excluding diaryl/α,β-unsaturated/α-hetero) is 1. The predicted molar refractivity (Wildman–Crippen MR) is 70.0 cm³/mol. The van der Waals surface area contributed by atoms with Crippen molar-refractivity contribution in [2.45, 2.75) is 38.5 Å². The minimum Gasteiger partial charge on any atom is -0.294 e. The van der Waals surface area contributed by atoms with Crippen LogP contribution in [0.3, 0.4) is 0 Å². The van der Waals surface area contributed by atoms with Gasteiger partial charge in [0.05, 0.1) is 0 Å². The van der Waals surface area contributed by atoms with Crippen molar-refractivity contribution in [3.63, 3.8) is 0 Å². The second kappa shape index (κ2) is 4.00. The second-order valence-electron chi connectivity index (χ2n) is 5.23. The molecular formula is C14H14Cl2O. The Morgan fingerprint density at radius 1 is 1.06 bits per heavy atom. The van der Waals surface area contributed by atoms with Crippen LogP contribution in [0.4, 0.5) is 0 Å². The van der Waals surface area contributed by atoms with E-state index in [0.717, 1.165) is 36.8 Å². The summed E-state index contributed by atoms with van der Waals surface area (Å²) in [5.74, 6) is 0.278. The first-order valence-electron chi connectivity index (χ1n) is 6.15. The van der Waals surface area contributed by atoms with Gasteiger partial charge in [-0.15, -0.1) is 0 Å². The van der Waals surface area contributed by atoms with Crippen molar-refractivity contribution < 1.29 is 4.79 Å². The number of carbonyl (C=O) groups excluding carboxylic acids is 1. The van der Waals surface area contributed by atoms with Gasteiger partial charge in [-0.05, 0) is 43.4 Å². The molecule has 3 rings (SSSR count). The molecule has 1 aromatic carbocycles. The SMILES string of the molecule is O=C1c2cc(Cl)cc(Cl)c2CCC12CCCC2. The van der Waals surface area contributed by atoms with E-state index < -0.39 is 0 Å². The zero-order valence-corrected chi connectivity index (χ0v) is 11.1. The topological polar surface area (TPSA) is 17.1 Å². The quantitative estimate of drug-likeness (QED) is 0.668. The van der Waals surface area contributed by atoms with Crippen LogP contribution in [0.2, 0.25) is 10.0 Å². The lowest BCUT2D eigenvalue weighted by Gasteiger charge is -2.33. The summed E-state index contributed by atoms with van der Waals surface area (Å²) in [7, 11) is 0. The van der Waals surface area contributed by atoms with Crippen LogP contribution in [0.5, 0.6) is 0 Å². The van der Waals surface area contributed by atoms with E-state index in [1.807, 2.05) is 0 Å². The minimum absolute atomic E-state index is 0.0962. The van der Waals surface area contributed by atoms with Crippen molar-refractivity contribution in [2.24, 2.45) is 5.41 Å². The van der Waals surface area contributed by atoms with Crippen LogP contribution in [-0.2, 0) is 6.42 Å². The molecule has 1 spiro atoms. The minimum atomic E-state index is -0.0962. The Hall–Kier alpha value is -0.530. The maximum absolute atomic E-state index is 12.6. The van der Waals surface area contributed by atoms with E-state index in [2.05, 4.69) is 0 Å². The highest BCUT2D eigenvalue weighted by atomic mass is 35.5. The first kappa shape index (κ1) is 11.6. The number of fused-ring (bicyclic) bond motifs is 1. The molecule has 1 nitrogen and oxygen atoms in total. The Morgan fingerprint density at radius 2 is 1.76 bits per heavy atom. The Bertz CT molecular complexity index is 487. The van der Waals surface area contributed by atoms with Crippen LogP contribution in [0.1, 0.15) is 48.0 Å². The van der Waals surface area contributed by atoms with E-state index in [4.69, 9.17) is 23.2 Å². The largest absolute Gasteiger partial charge is 0.294 e. The third-order valence-corrected chi connectivity index (χ3v) is 4.86. The maximum atomic E-state index is 12.6. The van der Waals surface area contributed by atoms with Gasteiger partial charge in [0.15, 0.2) is 5.78 Å². The molecule has 0 atom stereocenters. The summed E-state index contributed by atoms with van der Waals surface area (Å²) in [5.41, 5.74) is 1.68. The molecule has 3 heteroatoms. The Kier molecular flexibility index (Phi) is 2.72. The summed E-state index contributed by atoms with van der Waals surface area (Å²) < 4.78 is 0. The molecule has 2 aliphatic carbocycles. The molecule has 17 heavy (non-hydrogen) atoms. The standard InChI is InChI=1S/C14H14Cl2O/c15-9-7-11-10(12(16)8-9)3-6-14(13(11)17)4-1-2-5-14/h7-8H,1-6H2. The molecule has 0 aromatic heterocycles. The van der Waals surface area contributed by atoms with Crippen LogP contribution < -0.4 is 0 Å². The highest BCUT2D eigenvalue weighted by molar-refractivity contribution is 6.36. The van der Waals surface area contributed by atoms with Crippen LogP contribution in [0.15, 0.2) is 12.1 Å². The lowest BCUT2D eigenvalue weighted by Crippen LogP contribution is -2.33. The van der Waals surface area contributed by atoms with Gasteiger partial charge in [0.25, 0.3) is 0 Å². The van der Waals surface area contributed by atoms with Gasteiger partial charge >= 0.3 is 0 Å². The van der Waals surface area contributed by atoms with Gasteiger partial charge in [0.2, 0.25) is 0 Å². The molecular weight excluding hydrogens is 255 g/mol. The lowest BCUT2D eigenvalue weighted by atomic mass is 9.69. The number of rotatable bonds is 0. The van der Waals surface area contributed by atoms with Crippen molar-refractivity contribution in [3.05, 3.63) is 33.3 Å². The Balaban J connectivity index is 2.11. The number of hydrogen-bond donors (Lipinski definition) is 0. The number of carbonyl (C=O) groups is 1. The van der Waals surface area contributed by atoms with Gasteiger partial charge in [-0.25, -0.2) is 0 Å². The van der Waals surface area contributed by atoms with Crippen molar-refractivity contribution in [1.29, 1.82) is 0 Å². The van der Waals surface area contributed by atoms with Crippen molar-refractivity contribution >= 4 is 29.0 Å². The summed E-state index contributed by atoms with van der Waals surface area (Å²) in [6.07, 6.45) is 6.30. The fourth-order valence-electron chi connectivity index (χ4n) is 3.35. The van der Waals surface area contributed by atoms with Crippen molar-refractivity contribution in [3.8, 4) is 0 Å². The Morgan fingerprint density at radius 3 is 2.47 bits per heavy atom. The zero-order chi connectivity index (χ0) is 12.0. The molecule has 0 N–H and O–H groups in total. The lowest BCUT2D eigenvalue weighted by molar-refractivity contribution is 0.0765. The average molecular weight is 269 g/mol. The monoisotopic (exact) mass is 268 g/mol. The zero-order valence-electron chi connectivity index (χ0n) is 9.56. The smallest absolute Gasteiger partial charge is 0.169 e. The third-order valence-electron chi connectivity index (χ3n) is 4.30. The fraction of sp³-hybridized carbons (Fsp3) is 0.500. The highest BCUT2D eigenvalue weighted by Gasteiger charge is 2.44. The number of ketones is 1. The molecule has 1 saturated carbocycles. The van der Waals surface area contributed by atoms with Gasteiger partial charge in [0, 0.05) is 21.0 Å². The summed E-state index contributed by atoms with van der Waals surface area (Å²) in [5, 5.41) is 1.21. The summed E-state index contributed by atoms with van der Waals surface area (Å²) in [6, 6.07) is 3.53. The number of hydrogen-bond acceptors (Lipinski definition) is 1. The number of halogens is 2. The Labute approximate surface area is 111 Å². The highest BCUT2D eigenvalue weighted by Crippen LogP contribution is 2.49. The van der Waals surface area contributed by atoms with E-state index >= 15 is 0 Å². The molecule has 90 valence electrons. The normalized spacial score (nSPS) is 21.9. The van der Waals surface area contributed by atoms with Gasteiger partial charge in [0.1, 0.15) is 0 Å². The van der Waals surface area contributed by atoms with Gasteiger partial charge in [-0.3, -0.25) is 4.79 Å². The molecule has 0 bridgehead atoms. The van der Waals surface area contributed by atoms with Crippen LogP contribution in [0.25, 0.3) is 0 Å². The second-order valence-corrected chi connectivity index (χ2v) is 6.07. The first-order chi connectivity index (χ1) is 8.12. The van der Waals surface area contributed by atoms with E-state index in [0.29, 0.717) is 10.0 Å². The maximum Gasteiger partial charge on any atom is 0.169 e. The number of benzene rings is 1. The van der Waals surface area contributed by atoms with E-state index in [-0.39, 0.29) is 11.2 Å². The van der Waals surface area contributed by atoms with Crippen LogP contribution >= 0.6 is 23.2 Å². The summed E-state index contributed by atoms with van der Waals surface area (Å²) in [6.45, 7) is 0. The fourth-order valence-corrected chi connectivity index (χ4v) is 3.94. The molecule has 0 unspecified atom stereocenters. The van der Waals surface area contributed by atoms with Gasteiger partial charge in [-0.1, -0.05) is 36.0 Å². The van der Waals surface area contributed by atoms with Gasteiger partial charge in [-0.2, -0.15) is 0 Å². The summed E-state index contributed by atoms with van der Waals surface area (Å²) in [4.78, 5) is 12.6. The van der Waals surface area contributed by atoms with Gasteiger partial charge < -0.3 is 0 Å². The molecule has 1 aromatic rings. The molecule has 0 amide bonds. The first-order valence-corrected chi connectivity index (χ1v) is 6.91. The molecule has 1 fully saturated rings. The molecule has 0 aliphatic heterocycles. The van der Waals surface area contributed by atoms with E-state index in [9.17, 15) is 4.79 Å². The molecule has 0 radical (unpaired) electrons. The van der Waals surface area contributed by atoms with E-state index in [1.165, 1.54) is 12.8 Å². The van der Waals surface area contributed by atoms with Crippen molar-refractivity contribution in [1.82, 2.24) is 0 Å². The summed E-state index contributed by atoms with van der Waals surface area (Å²) >= 11 is 12.2. The predicted octanol–water partition coefficient (Wildman–Crippen LogP) is 4.68. The van der Waals surface area contributed by atoms with Crippen LogP contribution in [0, 0.1) is 5.41 Å². The molecule has 2 aliphatic rings. The average Bonchev–Trinajstić information content (AvgIpc) is 2.74. The molecule has 0 saturated heterocycles. The van der Waals surface area contributed by atoms with E-state index in [1.54, 1.807) is 12.1 Å². The van der Waals surface area contributed by atoms with Crippen LogP contribution in [-0.4, -0.2) is 5.78 Å².